The summed E-state index contributed by atoms with van der Waals surface area (Å²) in [7, 11) is 0. The zero-order valence-electron chi connectivity index (χ0n) is 19.1. The molecule has 176 valence electrons. The van der Waals surface area contributed by atoms with Gasteiger partial charge in [-0.05, 0) is 73.1 Å². The predicted molar refractivity (Wildman–Crippen MR) is 120 cm³/mol. The molecule has 1 nitrogen and oxygen atoms in total. The molecule has 5 heteroatoms. The van der Waals surface area contributed by atoms with E-state index in [1.807, 2.05) is 24.3 Å². The Morgan fingerprint density at radius 1 is 0.812 bits per heavy atom. The largest absolute Gasteiger partial charge is 0.386 e. The van der Waals surface area contributed by atoms with Crippen LogP contribution in [-0.2, 0) is 23.7 Å². The average Bonchev–Trinajstić information content (AvgIpc) is 2.78. The molecule has 0 amide bonds. The first-order valence-electron chi connectivity index (χ1n) is 11.9. The van der Waals surface area contributed by atoms with Crippen molar-refractivity contribution in [3.05, 3.63) is 70.3 Å². The van der Waals surface area contributed by atoms with Crippen molar-refractivity contribution < 1.29 is 22.3 Å². The van der Waals surface area contributed by atoms with E-state index in [-0.39, 0.29) is 24.5 Å². The molecule has 2 aromatic rings. The molecule has 0 atom stereocenters. The molecule has 1 aliphatic carbocycles. The van der Waals surface area contributed by atoms with E-state index in [4.69, 9.17) is 4.74 Å². The van der Waals surface area contributed by atoms with Crippen LogP contribution in [0.1, 0.15) is 87.0 Å². The van der Waals surface area contributed by atoms with E-state index in [9.17, 15) is 17.6 Å². The lowest BCUT2D eigenvalue weighted by Crippen LogP contribution is -2.23. The Balaban J connectivity index is 1.61. The summed E-state index contributed by atoms with van der Waals surface area (Å²) in [4.78, 5) is 0. The van der Waals surface area contributed by atoms with Crippen LogP contribution in [0.25, 0.3) is 0 Å². The van der Waals surface area contributed by atoms with Crippen molar-refractivity contribution >= 4 is 0 Å². The van der Waals surface area contributed by atoms with Gasteiger partial charge in [0.2, 0.25) is 0 Å². The first-order chi connectivity index (χ1) is 15.4. The van der Waals surface area contributed by atoms with Crippen LogP contribution in [0.3, 0.4) is 0 Å². The van der Waals surface area contributed by atoms with E-state index in [2.05, 4.69) is 13.8 Å². The van der Waals surface area contributed by atoms with Gasteiger partial charge in [-0.1, -0.05) is 63.4 Å². The van der Waals surface area contributed by atoms with E-state index < -0.39 is 23.3 Å². The fourth-order valence-corrected chi connectivity index (χ4v) is 4.81. The third-order valence-corrected chi connectivity index (χ3v) is 6.64. The molecule has 1 saturated carbocycles. The second-order valence-electron chi connectivity index (χ2n) is 9.02. The van der Waals surface area contributed by atoms with Crippen molar-refractivity contribution in [3.8, 4) is 0 Å². The number of ether oxygens (including phenoxy) is 1. The molecule has 0 saturated heterocycles. The van der Waals surface area contributed by atoms with Gasteiger partial charge in [-0.2, -0.15) is 8.78 Å². The molecule has 0 bridgehead atoms. The third kappa shape index (κ3) is 6.12. The Hall–Kier alpha value is -1.88. The van der Waals surface area contributed by atoms with Crippen LogP contribution >= 0.6 is 0 Å². The Bertz CT molecular complexity index is 855. The van der Waals surface area contributed by atoms with Gasteiger partial charge in [-0.25, -0.2) is 8.78 Å². The maximum Gasteiger partial charge on any atom is 0.386 e. The van der Waals surface area contributed by atoms with Crippen LogP contribution < -0.4 is 0 Å². The summed E-state index contributed by atoms with van der Waals surface area (Å²) >= 11 is 0. The number of hydrogen-bond acceptors (Lipinski definition) is 1. The number of hydrogen-bond donors (Lipinski definition) is 0. The van der Waals surface area contributed by atoms with Gasteiger partial charge in [0.25, 0.3) is 0 Å². The normalized spacial score (nSPS) is 19.3. The second kappa shape index (κ2) is 11.3. The number of alkyl halides is 2. The zero-order valence-corrected chi connectivity index (χ0v) is 19.1. The Kier molecular flexibility index (Phi) is 8.75. The Labute approximate surface area is 189 Å². The van der Waals surface area contributed by atoms with Gasteiger partial charge in [0.1, 0.15) is 0 Å². The fraction of sp³-hybridized carbons (Fsp3) is 0.556. The van der Waals surface area contributed by atoms with Gasteiger partial charge in [-0.15, -0.1) is 0 Å². The molecule has 1 aliphatic rings. The van der Waals surface area contributed by atoms with E-state index >= 15 is 0 Å². The monoisotopic (exact) mass is 450 g/mol. The maximum absolute atomic E-state index is 14.7. The summed E-state index contributed by atoms with van der Waals surface area (Å²) in [6, 6.07) is 10.0. The quantitative estimate of drug-likeness (QED) is 0.331. The predicted octanol–water partition coefficient (Wildman–Crippen LogP) is 8.30. The van der Waals surface area contributed by atoms with Gasteiger partial charge in [0.05, 0.1) is 12.2 Å². The van der Waals surface area contributed by atoms with Gasteiger partial charge >= 0.3 is 6.11 Å². The van der Waals surface area contributed by atoms with Crippen molar-refractivity contribution in [3.63, 3.8) is 0 Å². The van der Waals surface area contributed by atoms with E-state index in [1.165, 1.54) is 11.6 Å². The number of rotatable bonds is 10. The van der Waals surface area contributed by atoms with Crippen molar-refractivity contribution in [2.45, 2.75) is 83.7 Å². The van der Waals surface area contributed by atoms with Crippen LogP contribution in [-0.4, -0.2) is 6.61 Å². The number of benzene rings is 2. The van der Waals surface area contributed by atoms with Crippen molar-refractivity contribution in [2.75, 3.05) is 6.61 Å². The molecule has 0 heterocycles. The topological polar surface area (TPSA) is 9.23 Å². The molecule has 0 radical (unpaired) electrons. The minimum absolute atomic E-state index is 0.114. The summed E-state index contributed by atoms with van der Waals surface area (Å²) in [5.74, 6) is -2.13. The van der Waals surface area contributed by atoms with Crippen LogP contribution in [0.4, 0.5) is 17.6 Å². The third-order valence-electron chi connectivity index (χ3n) is 6.64. The lowest BCUT2D eigenvalue weighted by atomic mass is 9.77. The fourth-order valence-electron chi connectivity index (χ4n) is 4.81. The standard InChI is InChI=1S/C27H34F4O/c1-3-5-19-7-9-21(10-8-19)17-18-32-27(30,31)24-16-15-23(25(28)26(24)29)22-13-11-20(6-4-2)12-14-22/h7-10,15-16,20,22H,3-6,11-14,17-18H2,1-2H3. The second-order valence-corrected chi connectivity index (χ2v) is 9.02. The van der Waals surface area contributed by atoms with Gasteiger partial charge < -0.3 is 4.74 Å². The minimum atomic E-state index is -3.88. The van der Waals surface area contributed by atoms with Crippen LogP contribution in [0, 0.1) is 17.6 Å². The highest BCUT2D eigenvalue weighted by Gasteiger charge is 2.38. The molecule has 0 spiro atoms. The summed E-state index contributed by atoms with van der Waals surface area (Å²) in [5, 5.41) is 0. The highest BCUT2D eigenvalue weighted by molar-refractivity contribution is 5.31. The van der Waals surface area contributed by atoms with Crippen LogP contribution in [0.5, 0.6) is 0 Å². The highest BCUT2D eigenvalue weighted by Crippen LogP contribution is 2.41. The van der Waals surface area contributed by atoms with E-state index in [0.29, 0.717) is 5.92 Å². The number of halogens is 4. The zero-order chi connectivity index (χ0) is 23.1. The summed E-state index contributed by atoms with van der Waals surface area (Å²) in [6.07, 6.45) is 4.14. The molecule has 1 fully saturated rings. The molecule has 0 unspecified atom stereocenters. The number of aryl methyl sites for hydroxylation is 1. The van der Waals surface area contributed by atoms with Crippen LogP contribution in [0.15, 0.2) is 36.4 Å². The van der Waals surface area contributed by atoms with Gasteiger partial charge in [0, 0.05) is 0 Å². The lowest BCUT2D eigenvalue weighted by molar-refractivity contribution is -0.249. The molecule has 3 rings (SSSR count). The maximum atomic E-state index is 14.7. The Morgan fingerprint density at radius 2 is 1.44 bits per heavy atom. The molecule has 0 aromatic heterocycles. The SMILES string of the molecule is CCCc1ccc(CCOC(F)(F)c2ccc(C3CCC(CCC)CC3)c(F)c2F)cc1. The summed E-state index contributed by atoms with van der Waals surface area (Å²) in [5.41, 5.74) is 1.24. The Morgan fingerprint density at radius 3 is 2.03 bits per heavy atom. The minimum Gasteiger partial charge on any atom is -0.316 e. The molecule has 0 N–H and O–H groups in total. The van der Waals surface area contributed by atoms with Gasteiger partial charge in [-0.3, -0.25) is 0 Å². The summed E-state index contributed by atoms with van der Waals surface area (Å²) < 4.78 is 63.2. The molecular formula is C27H34F4O. The lowest BCUT2D eigenvalue weighted by Gasteiger charge is -2.29. The van der Waals surface area contributed by atoms with Crippen molar-refractivity contribution in [1.82, 2.24) is 0 Å². The van der Waals surface area contributed by atoms with E-state index in [0.717, 1.165) is 63.0 Å². The molecule has 2 aromatic carbocycles. The highest BCUT2D eigenvalue weighted by atomic mass is 19.3. The first kappa shape index (κ1) is 24.8. The van der Waals surface area contributed by atoms with Crippen molar-refractivity contribution in [1.29, 1.82) is 0 Å². The average molecular weight is 451 g/mol. The van der Waals surface area contributed by atoms with Crippen molar-refractivity contribution in [2.24, 2.45) is 5.92 Å². The smallest absolute Gasteiger partial charge is 0.316 e. The van der Waals surface area contributed by atoms with E-state index in [1.54, 1.807) is 0 Å². The molecule has 32 heavy (non-hydrogen) atoms. The molecule has 0 aliphatic heterocycles. The van der Waals surface area contributed by atoms with Crippen LogP contribution in [0.2, 0.25) is 0 Å². The molecular weight excluding hydrogens is 416 g/mol. The first-order valence-corrected chi connectivity index (χ1v) is 11.9. The summed E-state index contributed by atoms with van der Waals surface area (Å²) in [6.45, 7) is 3.95. The van der Waals surface area contributed by atoms with Gasteiger partial charge in [0.15, 0.2) is 11.6 Å².